The number of thiophene rings is 1. The minimum Gasteiger partial charge on any atom is -0.397 e. The first-order valence-corrected chi connectivity index (χ1v) is 8.01. The van der Waals surface area contributed by atoms with E-state index in [2.05, 4.69) is 16.4 Å². The number of nitrogens with two attached hydrogens (primary N) is 1. The second-order valence-electron chi connectivity index (χ2n) is 5.70. The number of amides is 1. The molecule has 5 nitrogen and oxygen atoms in total. The highest BCUT2D eigenvalue weighted by atomic mass is 32.1. The van der Waals surface area contributed by atoms with Gasteiger partial charge in [-0.25, -0.2) is 4.98 Å². The first kappa shape index (κ1) is 14.3. The molecule has 21 heavy (non-hydrogen) atoms. The van der Waals surface area contributed by atoms with Gasteiger partial charge >= 0.3 is 0 Å². The highest BCUT2D eigenvalue weighted by molar-refractivity contribution is 7.21. The van der Waals surface area contributed by atoms with Crippen molar-refractivity contribution >= 4 is 33.1 Å². The van der Waals surface area contributed by atoms with Crippen LogP contribution < -0.4 is 11.1 Å². The number of carbonyl (C=O) groups excluding carboxylic acids is 1. The Balaban J connectivity index is 1.86. The summed E-state index contributed by atoms with van der Waals surface area (Å²) in [6, 6.07) is 2.12. The molecule has 0 radical (unpaired) electrons. The summed E-state index contributed by atoms with van der Waals surface area (Å²) in [4.78, 5) is 20.4. The van der Waals surface area contributed by atoms with Gasteiger partial charge in [-0.3, -0.25) is 4.79 Å². The van der Waals surface area contributed by atoms with E-state index >= 15 is 0 Å². The number of hydrogen-bond donors (Lipinski definition) is 2. The van der Waals surface area contributed by atoms with E-state index in [1.165, 1.54) is 22.6 Å². The molecular formula is C15H20N4OS. The average molecular weight is 304 g/mol. The summed E-state index contributed by atoms with van der Waals surface area (Å²) in [5.41, 5.74) is 9.19. The van der Waals surface area contributed by atoms with Crippen molar-refractivity contribution in [2.45, 2.75) is 19.3 Å². The van der Waals surface area contributed by atoms with Crippen LogP contribution in [0.3, 0.4) is 0 Å². The topological polar surface area (TPSA) is 71.2 Å². The summed E-state index contributed by atoms with van der Waals surface area (Å²) >= 11 is 1.40. The number of nitrogens with one attached hydrogen (secondary N) is 1. The summed E-state index contributed by atoms with van der Waals surface area (Å²) in [7, 11) is 3.96. The SMILES string of the molecule is CN(C)CCNC(=O)c1sc2nc3c(cc2c1N)CCC3. The van der Waals surface area contributed by atoms with Crippen LogP contribution in [0.2, 0.25) is 0 Å². The molecule has 1 amide bonds. The van der Waals surface area contributed by atoms with Gasteiger partial charge in [-0.2, -0.15) is 0 Å². The van der Waals surface area contributed by atoms with Gasteiger partial charge in [0.05, 0.1) is 5.69 Å². The minimum atomic E-state index is -0.0995. The molecular weight excluding hydrogens is 284 g/mol. The molecule has 2 aromatic rings. The largest absolute Gasteiger partial charge is 0.397 e. The maximum absolute atomic E-state index is 12.2. The quantitative estimate of drug-likeness (QED) is 0.901. The van der Waals surface area contributed by atoms with Crippen molar-refractivity contribution in [1.29, 1.82) is 0 Å². The van der Waals surface area contributed by atoms with Crippen molar-refractivity contribution in [2.75, 3.05) is 32.9 Å². The summed E-state index contributed by atoms with van der Waals surface area (Å²) in [6.07, 6.45) is 3.27. The Morgan fingerprint density at radius 2 is 2.29 bits per heavy atom. The van der Waals surface area contributed by atoms with Gasteiger partial charge in [0.2, 0.25) is 0 Å². The van der Waals surface area contributed by atoms with E-state index in [4.69, 9.17) is 5.73 Å². The van der Waals surface area contributed by atoms with E-state index in [0.29, 0.717) is 17.1 Å². The van der Waals surface area contributed by atoms with Crippen molar-refractivity contribution in [3.63, 3.8) is 0 Å². The highest BCUT2D eigenvalue weighted by Crippen LogP contribution is 2.35. The van der Waals surface area contributed by atoms with Crippen LogP contribution in [-0.2, 0) is 12.8 Å². The zero-order chi connectivity index (χ0) is 15.0. The summed E-state index contributed by atoms with van der Waals surface area (Å²) in [6.45, 7) is 1.42. The maximum atomic E-state index is 12.2. The summed E-state index contributed by atoms with van der Waals surface area (Å²) < 4.78 is 0. The zero-order valence-electron chi connectivity index (χ0n) is 12.4. The number of anilines is 1. The molecule has 2 aromatic heterocycles. The highest BCUT2D eigenvalue weighted by Gasteiger charge is 2.20. The van der Waals surface area contributed by atoms with E-state index < -0.39 is 0 Å². The number of carbonyl (C=O) groups is 1. The summed E-state index contributed by atoms with van der Waals surface area (Å²) in [5, 5.41) is 3.84. The lowest BCUT2D eigenvalue weighted by Gasteiger charge is -2.09. The lowest BCUT2D eigenvalue weighted by Crippen LogP contribution is -2.31. The zero-order valence-corrected chi connectivity index (χ0v) is 13.2. The minimum absolute atomic E-state index is 0.0995. The van der Waals surface area contributed by atoms with Crippen LogP contribution in [0.1, 0.15) is 27.3 Å². The third-order valence-electron chi connectivity index (χ3n) is 3.80. The van der Waals surface area contributed by atoms with Crippen LogP contribution in [0.4, 0.5) is 5.69 Å². The third kappa shape index (κ3) is 2.73. The lowest BCUT2D eigenvalue weighted by atomic mass is 10.1. The molecule has 0 spiro atoms. The molecule has 0 saturated carbocycles. The van der Waals surface area contributed by atoms with Crippen LogP contribution >= 0.6 is 11.3 Å². The Labute approximate surface area is 128 Å². The third-order valence-corrected chi connectivity index (χ3v) is 4.91. The van der Waals surface area contributed by atoms with Gasteiger partial charge in [-0.15, -0.1) is 11.3 Å². The predicted octanol–water partition coefficient (Wildman–Crippen LogP) is 1.66. The van der Waals surface area contributed by atoms with E-state index in [1.807, 2.05) is 19.0 Å². The first-order chi connectivity index (χ1) is 10.1. The number of aryl methyl sites for hydroxylation is 2. The fraction of sp³-hybridized carbons (Fsp3) is 0.467. The molecule has 112 valence electrons. The Hall–Kier alpha value is -1.66. The molecule has 0 unspecified atom stereocenters. The first-order valence-electron chi connectivity index (χ1n) is 7.20. The van der Waals surface area contributed by atoms with Gasteiger partial charge in [0, 0.05) is 24.2 Å². The van der Waals surface area contributed by atoms with Crippen LogP contribution in [0.25, 0.3) is 10.2 Å². The molecule has 0 atom stereocenters. The fourth-order valence-corrected chi connectivity index (χ4v) is 3.65. The van der Waals surface area contributed by atoms with Crippen molar-refractivity contribution < 1.29 is 4.79 Å². The Morgan fingerprint density at radius 1 is 1.48 bits per heavy atom. The number of rotatable bonds is 4. The average Bonchev–Trinajstić information content (AvgIpc) is 3.01. The van der Waals surface area contributed by atoms with E-state index in [9.17, 15) is 4.79 Å². The Morgan fingerprint density at radius 3 is 3.05 bits per heavy atom. The molecule has 1 aliphatic carbocycles. The van der Waals surface area contributed by atoms with Gasteiger partial charge in [0.25, 0.3) is 5.91 Å². The molecule has 0 bridgehead atoms. The van der Waals surface area contributed by atoms with Gasteiger partial charge in [-0.1, -0.05) is 0 Å². The number of hydrogen-bond acceptors (Lipinski definition) is 5. The molecule has 2 heterocycles. The standard InChI is InChI=1S/C15H20N4OS/c1-19(2)7-6-17-14(20)13-12(16)10-8-9-4-3-5-11(9)18-15(10)21-13/h8H,3-7,16H2,1-2H3,(H,17,20). The summed E-state index contributed by atoms with van der Waals surface area (Å²) in [5.74, 6) is -0.0995. The molecule has 0 aromatic carbocycles. The number of likely N-dealkylation sites (N-methyl/N-ethyl adjacent to an activating group) is 1. The second kappa shape index (κ2) is 5.61. The number of fused-ring (bicyclic) bond motifs is 2. The molecule has 3 N–H and O–H groups in total. The molecule has 3 rings (SSSR count). The van der Waals surface area contributed by atoms with Crippen molar-refractivity contribution in [3.05, 3.63) is 22.2 Å². The lowest BCUT2D eigenvalue weighted by molar-refractivity contribution is 0.0956. The fourth-order valence-electron chi connectivity index (χ4n) is 2.64. The predicted molar refractivity (Wildman–Crippen MR) is 86.9 cm³/mol. The van der Waals surface area contributed by atoms with Crippen molar-refractivity contribution in [1.82, 2.24) is 15.2 Å². The normalized spacial score (nSPS) is 13.9. The smallest absolute Gasteiger partial charge is 0.263 e. The molecule has 1 aliphatic rings. The van der Waals surface area contributed by atoms with E-state index in [1.54, 1.807) is 0 Å². The Bertz CT molecular complexity index is 693. The van der Waals surface area contributed by atoms with Crippen LogP contribution in [-0.4, -0.2) is 43.0 Å². The Kier molecular flexibility index (Phi) is 3.82. The van der Waals surface area contributed by atoms with Gasteiger partial charge < -0.3 is 16.0 Å². The molecule has 0 saturated heterocycles. The van der Waals surface area contributed by atoms with Crippen LogP contribution in [0.15, 0.2) is 6.07 Å². The van der Waals surface area contributed by atoms with Gasteiger partial charge in [0.15, 0.2) is 0 Å². The van der Waals surface area contributed by atoms with E-state index in [-0.39, 0.29) is 5.91 Å². The van der Waals surface area contributed by atoms with Gasteiger partial charge in [-0.05, 0) is 45.0 Å². The second-order valence-corrected chi connectivity index (χ2v) is 6.70. The van der Waals surface area contributed by atoms with Crippen LogP contribution in [0, 0.1) is 0 Å². The van der Waals surface area contributed by atoms with Crippen LogP contribution in [0.5, 0.6) is 0 Å². The number of aromatic nitrogens is 1. The molecule has 0 aliphatic heterocycles. The molecule has 0 fully saturated rings. The van der Waals surface area contributed by atoms with Gasteiger partial charge in [0.1, 0.15) is 9.71 Å². The molecule has 6 heteroatoms. The monoisotopic (exact) mass is 304 g/mol. The van der Waals surface area contributed by atoms with Crippen molar-refractivity contribution in [2.24, 2.45) is 0 Å². The number of nitrogen functional groups attached to an aromatic ring is 1. The maximum Gasteiger partial charge on any atom is 0.263 e. The van der Waals surface area contributed by atoms with Crippen molar-refractivity contribution in [3.8, 4) is 0 Å². The number of nitrogens with zero attached hydrogens (tertiary/aromatic N) is 2. The van der Waals surface area contributed by atoms with E-state index in [0.717, 1.165) is 36.0 Å². The number of pyridine rings is 1.